The molecule has 0 aliphatic rings. The van der Waals surface area contributed by atoms with E-state index in [1.807, 2.05) is 6.92 Å². The number of carbonyl (C=O) groups is 1. The van der Waals surface area contributed by atoms with Crippen LogP contribution in [0.15, 0.2) is 12.2 Å². The number of aliphatic carboxylic acids is 1. The first-order valence-corrected chi connectivity index (χ1v) is 4.56. The van der Waals surface area contributed by atoms with Gasteiger partial charge >= 0.3 is 5.97 Å². The molecule has 0 bridgehead atoms. The zero-order valence-electron chi connectivity index (χ0n) is 8.36. The molecule has 5 heteroatoms. The summed E-state index contributed by atoms with van der Waals surface area (Å²) < 4.78 is 0. The minimum absolute atomic E-state index is 0.0199. The molecule has 0 saturated carbocycles. The fourth-order valence-electron chi connectivity index (χ4n) is 0.940. The summed E-state index contributed by atoms with van der Waals surface area (Å²) >= 11 is 0. The van der Waals surface area contributed by atoms with Crippen LogP contribution in [0.25, 0.3) is 0 Å². The predicted molar refractivity (Wildman–Crippen MR) is 55.2 cm³/mol. The lowest BCUT2D eigenvalue weighted by atomic mass is 10.3. The van der Waals surface area contributed by atoms with Crippen LogP contribution in [0.2, 0.25) is 0 Å². The second kappa shape index (κ2) is 6.94. The van der Waals surface area contributed by atoms with E-state index >= 15 is 0 Å². The Hall–Kier alpha value is -1.52. The maximum Gasteiger partial charge on any atom is 0.328 e. The molecule has 0 atom stereocenters. The van der Waals surface area contributed by atoms with Crippen molar-refractivity contribution in [3.8, 4) is 0 Å². The molecule has 0 spiro atoms. The Morgan fingerprint density at radius 1 is 1.64 bits per heavy atom. The normalized spacial score (nSPS) is 10.4. The summed E-state index contributed by atoms with van der Waals surface area (Å²) in [6, 6.07) is 0. The van der Waals surface area contributed by atoms with Gasteiger partial charge in [-0.15, -0.1) is 0 Å². The van der Waals surface area contributed by atoms with Crippen molar-refractivity contribution in [3.63, 3.8) is 0 Å². The smallest absolute Gasteiger partial charge is 0.328 e. The number of nitrogens with one attached hydrogen (secondary N) is 1. The van der Waals surface area contributed by atoms with Crippen molar-refractivity contribution in [1.82, 2.24) is 4.90 Å². The third-order valence-electron chi connectivity index (χ3n) is 1.71. The fraction of sp³-hybridized carbons (Fsp3) is 0.556. The average Bonchev–Trinajstić information content (AvgIpc) is 2.09. The first-order valence-electron chi connectivity index (χ1n) is 4.56. The van der Waals surface area contributed by atoms with E-state index in [2.05, 4.69) is 0 Å². The Morgan fingerprint density at radius 2 is 2.29 bits per heavy atom. The molecule has 0 aromatic rings. The minimum atomic E-state index is -0.982. The number of hydrogen-bond donors (Lipinski definition) is 3. The summed E-state index contributed by atoms with van der Waals surface area (Å²) in [5, 5.41) is 15.6. The number of nitrogens with zero attached hydrogens (tertiary/aromatic N) is 1. The van der Waals surface area contributed by atoms with Crippen molar-refractivity contribution in [1.29, 1.82) is 5.41 Å². The van der Waals surface area contributed by atoms with Crippen LogP contribution in [0, 0.1) is 5.41 Å². The van der Waals surface area contributed by atoms with Gasteiger partial charge in [-0.25, -0.2) is 4.79 Å². The van der Waals surface area contributed by atoms with E-state index in [1.165, 1.54) is 6.08 Å². The first kappa shape index (κ1) is 12.5. The lowest BCUT2D eigenvalue weighted by Crippen LogP contribution is -2.37. The second-order valence-electron chi connectivity index (χ2n) is 2.93. The topological polar surface area (TPSA) is 90.4 Å². The highest BCUT2D eigenvalue weighted by Crippen LogP contribution is 1.94. The van der Waals surface area contributed by atoms with E-state index in [0.717, 1.165) is 18.9 Å². The molecular formula is C9H17N3O2. The summed E-state index contributed by atoms with van der Waals surface area (Å²) in [6.45, 7) is 3.11. The molecule has 0 saturated heterocycles. The van der Waals surface area contributed by atoms with Gasteiger partial charge in [0.25, 0.3) is 0 Å². The van der Waals surface area contributed by atoms with Gasteiger partial charge in [0.1, 0.15) is 0 Å². The van der Waals surface area contributed by atoms with E-state index in [4.69, 9.17) is 16.2 Å². The van der Waals surface area contributed by atoms with Crippen LogP contribution in [0.4, 0.5) is 0 Å². The number of guanidine groups is 1. The zero-order valence-corrected chi connectivity index (χ0v) is 8.36. The van der Waals surface area contributed by atoms with Crippen molar-refractivity contribution in [2.45, 2.75) is 19.8 Å². The van der Waals surface area contributed by atoms with Crippen LogP contribution in [0.5, 0.6) is 0 Å². The third-order valence-corrected chi connectivity index (χ3v) is 1.71. The molecule has 0 aliphatic carbocycles. The maximum absolute atomic E-state index is 10.2. The Kier molecular flexibility index (Phi) is 6.19. The summed E-state index contributed by atoms with van der Waals surface area (Å²) in [5.41, 5.74) is 5.32. The van der Waals surface area contributed by atoms with Crippen LogP contribution in [-0.2, 0) is 4.79 Å². The Bertz CT molecular complexity index is 226. The molecule has 5 nitrogen and oxygen atoms in total. The van der Waals surface area contributed by atoms with Crippen molar-refractivity contribution >= 4 is 11.9 Å². The van der Waals surface area contributed by atoms with Gasteiger partial charge in [0.05, 0.1) is 0 Å². The molecule has 0 heterocycles. The molecule has 0 amide bonds. The number of carboxylic acids is 1. The fourth-order valence-corrected chi connectivity index (χ4v) is 0.940. The lowest BCUT2D eigenvalue weighted by Gasteiger charge is -2.20. The van der Waals surface area contributed by atoms with E-state index in [9.17, 15) is 4.79 Å². The van der Waals surface area contributed by atoms with Gasteiger partial charge in [-0.3, -0.25) is 5.41 Å². The minimum Gasteiger partial charge on any atom is -0.478 e. The summed E-state index contributed by atoms with van der Waals surface area (Å²) in [6.07, 6.45) is 4.51. The third kappa shape index (κ3) is 6.05. The van der Waals surface area contributed by atoms with Gasteiger partial charge in [-0.05, 0) is 6.42 Å². The van der Waals surface area contributed by atoms with Crippen LogP contribution in [0.3, 0.4) is 0 Å². The molecule has 14 heavy (non-hydrogen) atoms. The SMILES string of the molecule is CCCCN(C/C=C/C(=O)O)C(=N)N. The monoisotopic (exact) mass is 199 g/mol. The van der Waals surface area contributed by atoms with E-state index < -0.39 is 5.97 Å². The van der Waals surface area contributed by atoms with Crippen LogP contribution in [0.1, 0.15) is 19.8 Å². The maximum atomic E-state index is 10.2. The molecular weight excluding hydrogens is 182 g/mol. The highest BCUT2D eigenvalue weighted by atomic mass is 16.4. The summed E-state index contributed by atoms with van der Waals surface area (Å²) in [4.78, 5) is 11.8. The molecule has 0 radical (unpaired) electrons. The molecule has 0 fully saturated rings. The van der Waals surface area contributed by atoms with Gasteiger partial charge < -0.3 is 15.7 Å². The van der Waals surface area contributed by atoms with Gasteiger partial charge in [-0.1, -0.05) is 19.4 Å². The van der Waals surface area contributed by atoms with Crippen LogP contribution < -0.4 is 5.73 Å². The largest absolute Gasteiger partial charge is 0.478 e. The van der Waals surface area contributed by atoms with Crippen molar-refractivity contribution in [2.24, 2.45) is 5.73 Å². The number of carboxylic acid groups (broad SMARTS) is 1. The van der Waals surface area contributed by atoms with Crippen LogP contribution in [-0.4, -0.2) is 35.0 Å². The Labute approximate surface area is 83.7 Å². The molecule has 0 aromatic heterocycles. The quantitative estimate of drug-likeness (QED) is 0.332. The molecule has 0 unspecified atom stereocenters. The number of rotatable bonds is 6. The van der Waals surface area contributed by atoms with E-state index in [-0.39, 0.29) is 5.96 Å². The Balaban J connectivity index is 3.97. The van der Waals surface area contributed by atoms with Gasteiger partial charge in [0.2, 0.25) is 0 Å². The highest BCUT2D eigenvalue weighted by molar-refractivity contribution is 5.80. The standard InChI is InChI=1S/C9H17N3O2/c1-2-3-6-12(9(10)11)7-4-5-8(13)14/h4-5H,2-3,6-7H2,1H3,(H3,10,11)(H,13,14)/b5-4+. The van der Waals surface area contributed by atoms with Gasteiger partial charge in [-0.2, -0.15) is 0 Å². The predicted octanol–water partition coefficient (Wildman–Crippen LogP) is 0.623. The molecule has 80 valence electrons. The Morgan fingerprint density at radius 3 is 2.71 bits per heavy atom. The van der Waals surface area contributed by atoms with Crippen molar-refractivity contribution in [3.05, 3.63) is 12.2 Å². The number of nitrogens with two attached hydrogens (primary N) is 1. The number of unbranched alkanes of at least 4 members (excludes halogenated alkanes) is 1. The molecule has 0 aromatic carbocycles. The lowest BCUT2D eigenvalue weighted by molar-refractivity contribution is -0.131. The van der Waals surface area contributed by atoms with Crippen molar-refractivity contribution in [2.75, 3.05) is 13.1 Å². The summed E-state index contributed by atoms with van der Waals surface area (Å²) in [5.74, 6) is -1.00. The van der Waals surface area contributed by atoms with Gasteiger partial charge in [0.15, 0.2) is 5.96 Å². The van der Waals surface area contributed by atoms with Crippen LogP contribution >= 0.6 is 0 Å². The summed E-state index contributed by atoms with van der Waals surface area (Å²) in [7, 11) is 0. The van der Waals surface area contributed by atoms with Crippen molar-refractivity contribution < 1.29 is 9.90 Å². The molecule has 4 N–H and O–H groups in total. The highest BCUT2D eigenvalue weighted by Gasteiger charge is 2.02. The molecule has 0 rings (SSSR count). The second-order valence-corrected chi connectivity index (χ2v) is 2.93. The van der Waals surface area contributed by atoms with Gasteiger partial charge in [0, 0.05) is 19.2 Å². The van der Waals surface area contributed by atoms with E-state index in [0.29, 0.717) is 13.1 Å². The van der Waals surface area contributed by atoms with E-state index in [1.54, 1.807) is 4.90 Å². The average molecular weight is 199 g/mol. The zero-order chi connectivity index (χ0) is 11.0. The molecule has 0 aliphatic heterocycles. The number of hydrogen-bond acceptors (Lipinski definition) is 2. The first-order chi connectivity index (χ1) is 6.57.